The summed E-state index contributed by atoms with van der Waals surface area (Å²) in [6.45, 7) is 8.54. The van der Waals surface area contributed by atoms with Crippen molar-refractivity contribution in [2.45, 2.75) is 65.0 Å². The van der Waals surface area contributed by atoms with Crippen molar-refractivity contribution in [2.75, 3.05) is 18.9 Å². The second-order valence-corrected chi connectivity index (χ2v) is 6.15. The Morgan fingerprint density at radius 1 is 1.33 bits per heavy atom. The smallest absolute Gasteiger partial charge is 0.142 e. The van der Waals surface area contributed by atoms with Gasteiger partial charge in [-0.25, -0.2) is 0 Å². The third-order valence-electron chi connectivity index (χ3n) is 4.62. The van der Waals surface area contributed by atoms with E-state index in [0.717, 1.165) is 23.9 Å². The predicted octanol–water partition coefficient (Wildman–Crippen LogP) is 3.86. The van der Waals surface area contributed by atoms with Crippen LogP contribution in [0.4, 0.5) is 5.69 Å². The largest absolute Gasteiger partial charge is 0.492 e. The van der Waals surface area contributed by atoms with Gasteiger partial charge in [-0.3, -0.25) is 4.90 Å². The Labute approximate surface area is 129 Å². The van der Waals surface area contributed by atoms with Crippen molar-refractivity contribution in [1.29, 1.82) is 0 Å². The fourth-order valence-electron chi connectivity index (χ4n) is 3.51. The molecule has 2 atom stereocenters. The maximum Gasteiger partial charge on any atom is 0.142 e. The van der Waals surface area contributed by atoms with Gasteiger partial charge in [0.15, 0.2) is 0 Å². The third-order valence-corrected chi connectivity index (χ3v) is 4.62. The summed E-state index contributed by atoms with van der Waals surface area (Å²) in [4.78, 5) is 2.69. The molecule has 1 fully saturated rings. The van der Waals surface area contributed by atoms with E-state index < -0.39 is 0 Å². The van der Waals surface area contributed by atoms with E-state index in [1.165, 1.54) is 37.8 Å². The highest BCUT2D eigenvalue weighted by Crippen LogP contribution is 2.26. The molecule has 1 aliphatic heterocycles. The van der Waals surface area contributed by atoms with Gasteiger partial charge in [0.05, 0.1) is 12.3 Å². The fraction of sp³-hybridized carbons (Fsp3) is 0.667. The van der Waals surface area contributed by atoms with Gasteiger partial charge >= 0.3 is 0 Å². The molecule has 3 nitrogen and oxygen atoms in total. The number of nitrogen functional groups attached to an aromatic ring is 1. The Hall–Kier alpha value is -1.22. The molecule has 3 heteroatoms. The lowest BCUT2D eigenvalue weighted by Gasteiger charge is -2.39. The number of rotatable bonds is 6. The highest BCUT2D eigenvalue weighted by atomic mass is 16.5. The Kier molecular flexibility index (Phi) is 5.92. The van der Waals surface area contributed by atoms with E-state index in [4.69, 9.17) is 10.5 Å². The van der Waals surface area contributed by atoms with Crippen LogP contribution >= 0.6 is 0 Å². The van der Waals surface area contributed by atoms with Gasteiger partial charge in [0, 0.05) is 12.1 Å². The van der Waals surface area contributed by atoms with Gasteiger partial charge in [-0.05, 0) is 63.8 Å². The predicted molar refractivity (Wildman–Crippen MR) is 89.8 cm³/mol. The highest BCUT2D eigenvalue weighted by molar-refractivity contribution is 5.54. The summed E-state index contributed by atoms with van der Waals surface area (Å²) in [6, 6.07) is 7.57. The Bertz CT molecular complexity index is 447. The van der Waals surface area contributed by atoms with Crippen LogP contribution in [0.25, 0.3) is 0 Å². The molecule has 1 aromatic rings. The van der Waals surface area contributed by atoms with Crippen molar-refractivity contribution in [3.63, 3.8) is 0 Å². The van der Waals surface area contributed by atoms with Crippen LogP contribution in [0.1, 0.15) is 52.0 Å². The minimum Gasteiger partial charge on any atom is -0.492 e. The van der Waals surface area contributed by atoms with Crippen LogP contribution in [0.2, 0.25) is 0 Å². The maximum atomic E-state index is 6.08. The Morgan fingerprint density at radius 3 is 2.81 bits per heavy atom. The lowest BCUT2D eigenvalue weighted by Crippen LogP contribution is -2.45. The lowest BCUT2D eigenvalue weighted by molar-refractivity contribution is 0.0999. The highest BCUT2D eigenvalue weighted by Gasteiger charge is 2.25. The molecular formula is C18H30N2O. The first-order valence-electron chi connectivity index (χ1n) is 8.42. The molecule has 2 unspecified atom stereocenters. The van der Waals surface area contributed by atoms with Crippen LogP contribution < -0.4 is 10.5 Å². The van der Waals surface area contributed by atoms with E-state index in [9.17, 15) is 0 Å². The number of hydrogen-bond acceptors (Lipinski definition) is 3. The van der Waals surface area contributed by atoms with E-state index in [1.807, 2.05) is 13.0 Å². The molecule has 0 aliphatic carbocycles. The van der Waals surface area contributed by atoms with Gasteiger partial charge in [-0.2, -0.15) is 0 Å². The maximum absolute atomic E-state index is 6.08. The molecule has 0 amide bonds. The Balaban J connectivity index is 2.01. The van der Waals surface area contributed by atoms with Crippen molar-refractivity contribution in [3.05, 3.63) is 23.8 Å². The first kappa shape index (κ1) is 16.2. The number of hydrogen-bond donors (Lipinski definition) is 1. The summed E-state index contributed by atoms with van der Waals surface area (Å²) in [6.07, 6.45) is 6.40. The molecule has 0 bridgehead atoms. The third kappa shape index (κ3) is 4.13. The molecule has 0 aromatic heterocycles. The van der Waals surface area contributed by atoms with Crippen molar-refractivity contribution in [2.24, 2.45) is 0 Å². The summed E-state index contributed by atoms with van der Waals surface area (Å²) in [5.74, 6) is 0.804. The molecule has 0 spiro atoms. The first-order valence-corrected chi connectivity index (χ1v) is 8.42. The Morgan fingerprint density at radius 2 is 2.14 bits per heavy atom. The molecule has 118 valence electrons. The molecule has 1 aromatic carbocycles. The van der Waals surface area contributed by atoms with E-state index in [-0.39, 0.29) is 0 Å². The average Bonchev–Trinajstić information content (AvgIpc) is 2.50. The second kappa shape index (κ2) is 7.69. The minimum absolute atomic E-state index is 0.576. The number of likely N-dealkylation sites (tertiary alicyclic amines) is 1. The van der Waals surface area contributed by atoms with E-state index in [0.29, 0.717) is 12.6 Å². The summed E-state index contributed by atoms with van der Waals surface area (Å²) >= 11 is 0. The molecular weight excluding hydrogens is 260 g/mol. The zero-order valence-corrected chi connectivity index (χ0v) is 13.8. The van der Waals surface area contributed by atoms with Crippen LogP contribution in [0, 0.1) is 0 Å². The van der Waals surface area contributed by atoms with Crippen molar-refractivity contribution in [3.8, 4) is 5.75 Å². The molecule has 1 heterocycles. The van der Waals surface area contributed by atoms with E-state index >= 15 is 0 Å². The monoisotopic (exact) mass is 290 g/mol. The van der Waals surface area contributed by atoms with Crippen molar-refractivity contribution >= 4 is 5.69 Å². The van der Waals surface area contributed by atoms with E-state index in [1.54, 1.807) is 0 Å². The van der Waals surface area contributed by atoms with Crippen LogP contribution in [-0.4, -0.2) is 30.1 Å². The molecule has 21 heavy (non-hydrogen) atoms. The number of piperidine rings is 1. The van der Waals surface area contributed by atoms with Crippen LogP contribution in [0.5, 0.6) is 5.75 Å². The second-order valence-electron chi connectivity index (χ2n) is 6.15. The summed E-state index contributed by atoms with van der Waals surface area (Å²) in [5.41, 5.74) is 8.14. The van der Waals surface area contributed by atoms with Gasteiger partial charge in [-0.1, -0.05) is 19.4 Å². The average molecular weight is 290 g/mol. The standard InChI is InChI=1S/C18H30N2O/c1-4-16-8-6-7-11-20(16)14(3)12-15-9-10-18(21-5-2)17(19)13-15/h9-10,13-14,16H,4-8,11-12,19H2,1-3H3. The number of nitrogens with zero attached hydrogens (tertiary/aromatic N) is 1. The number of anilines is 1. The fourth-order valence-corrected chi connectivity index (χ4v) is 3.51. The van der Waals surface area contributed by atoms with Gasteiger partial charge in [0.1, 0.15) is 5.75 Å². The van der Waals surface area contributed by atoms with Gasteiger partial charge in [0.25, 0.3) is 0 Å². The normalized spacial score (nSPS) is 21.2. The van der Waals surface area contributed by atoms with Crippen LogP contribution in [-0.2, 0) is 6.42 Å². The van der Waals surface area contributed by atoms with Crippen molar-refractivity contribution in [1.82, 2.24) is 4.90 Å². The molecule has 1 saturated heterocycles. The number of nitrogens with two attached hydrogens (primary N) is 1. The van der Waals surface area contributed by atoms with E-state index in [2.05, 4.69) is 30.9 Å². The summed E-state index contributed by atoms with van der Waals surface area (Å²) < 4.78 is 5.51. The number of ether oxygens (including phenoxy) is 1. The number of benzene rings is 1. The molecule has 2 N–H and O–H groups in total. The quantitative estimate of drug-likeness (QED) is 0.808. The van der Waals surface area contributed by atoms with Crippen LogP contribution in [0.3, 0.4) is 0 Å². The molecule has 1 aliphatic rings. The zero-order chi connectivity index (χ0) is 15.2. The summed E-state index contributed by atoms with van der Waals surface area (Å²) in [7, 11) is 0. The SMILES string of the molecule is CCOc1ccc(CC(C)N2CCCCC2CC)cc1N. The molecule has 2 rings (SSSR count). The molecule has 0 saturated carbocycles. The van der Waals surface area contributed by atoms with Gasteiger partial charge in [0.2, 0.25) is 0 Å². The first-order chi connectivity index (χ1) is 10.2. The minimum atomic E-state index is 0.576. The van der Waals surface area contributed by atoms with Gasteiger partial charge < -0.3 is 10.5 Å². The summed E-state index contributed by atoms with van der Waals surface area (Å²) in [5, 5.41) is 0. The molecule has 0 radical (unpaired) electrons. The lowest BCUT2D eigenvalue weighted by atomic mass is 9.95. The zero-order valence-electron chi connectivity index (χ0n) is 13.8. The topological polar surface area (TPSA) is 38.5 Å². The van der Waals surface area contributed by atoms with Crippen LogP contribution in [0.15, 0.2) is 18.2 Å². The van der Waals surface area contributed by atoms with Gasteiger partial charge in [-0.15, -0.1) is 0 Å². The van der Waals surface area contributed by atoms with Crippen molar-refractivity contribution < 1.29 is 4.74 Å².